The minimum absolute atomic E-state index is 0.112. The lowest BCUT2D eigenvalue weighted by Crippen LogP contribution is -2.30. The maximum absolute atomic E-state index is 12.8. The Morgan fingerprint density at radius 3 is 0.901 bits per heavy atom. The van der Waals surface area contributed by atoms with E-state index in [0.29, 0.717) is 19.3 Å². The van der Waals surface area contributed by atoms with Crippen molar-refractivity contribution in [3.8, 4) is 0 Å². The summed E-state index contributed by atoms with van der Waals surface area (Å²) in [5.74, 6) is -1.00. The van der Waals surface area contributed by atoms with E-state index in [1.165, 1.54) is 89.9 Å². The molecule has 0 unspecified atom stereocenters. The Kier molecular flexibility index (Phi) is 54.9. The van der Waals surface area contributed by atoms with Gasteiger partial charge in [-0.3, -0.25) is 14.4 Å². The first-order chi connectivity index (χ1) is 35.0. The van der Waals surface area contributed by atoms with E-state index in [1.54, 1.807) is 0 Å². The molecule has 0 spiro atoms. The standard InChI is InChI=1S/C65H106O6/c1-4-7-10-13-16-19-22-25-28-31-32-35-37-40-43-46-49-52-55-58-64(67)70-61-62(71-65(68)59-56-53-50-47-44-41-38-34-30-27-24-21-18-15-12-9-6-3)60-69-63(66)57-54-51-48-45-42-39-36-33-29-26-23-20-17-14-11-8-5-2/h7,9-10,12,16,18-19,21,25,27-28,30,32,35,38,40-41,43,47,50,62H,4-6,8,11,13-15,17,20,22-24,26,29,31,33-34,36-37,39,42,44-46,48-49,51-61H2,1-3H3/b10-7-,12-9-,19-16-,21-18-,28-25-,30-27-,35-32-,41-38-,43-40-,50-47-/t62-/m1/s1. The van der Waals surface area contributed by atoms with Crippen molar-refractivity contribution in [1.29, 1.82) is 0 Å². The lowest BCUT2D eigenvalue weighted by Gasteiger charge is -2.18. The van der Waals surface area contributed by atoms with Gasteiger partial charge < -0.3 is 14.2 Å². The molecule has 0 amide bonds. The second-order valence-electron chi connectivity index (χ2n) is 18.8. The second-order valence-corrected chi connectivity index (χ2v) is 18.8. The molecule has 0 saturated carbocycles. The Bertz CT molecular complexity index is 1500. The van der Waals surface area contributed by atoms with Gasteiger partial charge in [-0.25, -0.2) is 0 Å². The predicted octanol–water partition coefficient (Wildman–Crippen LogP) is 19.6. The highest BCUT2D eigenvalue weighted by molar-refractivity contribution is 5.71. The molecule has 0 aromatic carbocycles. The van der Waals surface area contributed by atoms with Crippen molar-refractivity contribution in [2.75, 3.05) is 13.2 Å². The molecule has 0 heterocycles. The number of hydrogen-bond acceptors (Lipinski definition) is 6. The highest BCUT2D eigenvalue weighted by Gasteiger charge is 2.19. The summed E-state index contributed by atoms with van der Waals surface area (Å²) in [6, 6.07) is 0. The van der Waals surface area contributed by atoms with Gasteiger partial charge in [-0.1, -0.05) is 251 Å². The number of ether oxygens (including phenoxy) is 3. The van der Waals surface area contributed by atoms with Crippen LogP contribution in [0.4, 0.5) is 0 Å². The number of rotatable bonds is 51. The van der Waals surface area contributed by atoms with Crippen LogP contribution in [0.1, 0.15) is 252 Å². The largest absolute Gasteiger partial charge is 0.462 e. The molecule has 0 aromatic heterocycles. The molecule has 0 aromatic rings. The molecule has 6 heteroatoms. The van der Waals surface area contributed by atoms with Crippen molar-refractivity contribution in [3.63, 3.8) is 0 Å². The number of unbranched alkanes of at least 4 members (excludes halogenated alkanes) is 20. The molecule has 0 rings (SSSR count). The average molecular weight is 984 g/mol. The van der Waals surface area contributed by atoms with Gasteiger partial charge in [0.25, 0.3) is 0 Å². The van der Waals surface area contributed by atoms with Gasteiger partial charge in [0.2, 0.25) is 0 Å². The van der Waals surface area contributed by atoms with Crippen LogP contribution in [0.15, 0.2) is 122 Å². The van der Waals surface area contributed by atoms with Crippen LogP contribution in [0.3, 0.4) is 0 Å². The van der Waals surface area contributed by atoms with Crippen LogP contribution in [-0.4, -0.2) is 37.2 Å². The van der Waals surface area contributed by atoms with Crippen molar-refractivity contribution >= 4 is 17.9 Å². The Hall–Kier alpha value is -4.19. The lowest BCUT2D eigenvalue weighted by molar-refractivity contribution is -0.167. The molecule has 0 aliphatic carbocycles. The third-order valence-corrected chi connectivity index (χ3v) is 12.0. The Labute approximate surface area is 437 Å². The number of carbonyl (C=O) groups excluding carboxylic acids is 3. The molecule has 0 aliphatic heterocycles. The van der Waals surface area contributed by atoms with Crippen molar-refractivity contribution < 1.29 is 28.6 Å². The van der Waals surface area contributed by atoms with Crippen LogP contribution in [0.2, 0.25) is 0 Å². The summed E-state index contributed by atoms with van der Waals surface area (Å²) in [6.07, 6.45) is 80.5. The third kappa shape index (κ3) is 56.6. The van der Waals surface area contributed by atoms with Gasteiger partial charge in [-0.15, -0.1) is 0 Å². The molecule has 0 aliphatic rings. The highest BCUT2D eigenvalue weighted by Crippen LogP contribution is 2.15. The summed E-state index contributed by atoms with van der Waals surface area (Å²) < 4.78 is 16.8. The van der Waals surface area contributed by atoms with Crippen molar-refractivity contribution in [1.82, 2.24) is 0 Å². The van der Waals surface area contributed by atoms with Crippen molar-refractivity contribution in [3.05, 3.63) is 122 Å². The van der Waals surface area contributed by atoms with Gasteiger partial charge >= 0.3 is 17.9 Å². The van der Waals surface area contributed by atoms with E-state index >= 15 is 0 Å². The molecular weight excluding hydrogens is 877 g/mol. The zero-order valence-electron chi connectivity index (χ0n) is 45.9. The highest BCUT2D eigenvalue weighted by atomic mass is 16.6. The molecule has 402 valence electrons. The normalized spacial score (nSPS) is 13.0. The monoisotopic (exact) mass is 983 g/mol. The van der Waals surface area contributed by atoms with Crippen LogP contribution in [-0.2, 0) is 28.6 Å². The average Bonchev–Trinajstić information content (AvgIpc) is 3.37. The van der Waals surface area contributed by atoms with Gasteiger partial charge in [-0.2, -0.15) is 0 Å². The Morgan fingerprint density at radius 1 is 0.296 bits per heavy atom. The van der Waals surface area contributed by atoms with E-state index in [4.69, 9.17) is 14.2 Å². The molecule has 0 fully saturated rings. The van der Waals surface area contributed by atoms with Gasteiger partial charge in [-0.05, 0) is 103 Å². The van der Waals surface area contributed by atoms with Crippen LogP contribution in [0.25, 0.3) is 0 Å². The molecule has 0 saturated heterocycles. The van der Waals surface area contributed by atoms with Crippen molar-refractivity contribution in [2.45, 2.75) is 258 Å². The summed E-state index contributed by atoms with van der Waals surface area (Å²) in [6.45, 7) is 6.34. The van der Waals surface area contributed by atoms with Gasteiger partial charge in [0.15, 0.2) is 6.10 Å². The molecular formula is C65H106O6. The molecule has 0 radical (unpaired) electrons. The molecule has 6 nitrogen and oxygen atoms in total. The summed E-state index contributed by atoms with van der Waals surface area (Å²) in [5.41, 5.74) is 0. The predicted molar refractivity (Wildman–Crippen MR) is 306 cm³/mol. The maximum Gasteiger partial charge on any atom is 0.306 e. The number of hydrogen-bond donors (Lipinski definition) is 0. The quantitative estimate of drug-likeness (QED) is 0.0261. The minimum Gasteiger partial charge on any atom is -0.462 e. The van der Waals surface area contributed by atoms with E-state index < -0.39 is 6.10 Å². The molecule has 1 atom stereocenters. The smallest absolute Gasteiger partial charge is 0.306 e. The van der Waals surface area contributed by atoms with Gasteiger partial charge in [0.05, 0.1) is 0 Å². The van der Waals surface area contributed by atoms with Gasteiger partial charge in [0.1, 0.15) is 13.2 Å². The van der Waals surface area contributed by atoms with Crippen LogP contribution in [0, 0.1) is 0 Å². The lowest BCUT2D eigenvalue weighted by atomic mass is 10.0. The number of allylic oxidation sites excluding steroid dienone is 20. The van der Waals surface area contributed by atoms with Crippen LogP contribution >= 0.6 is 0 Å². The second kappa shape index (κ2) is 58.4. The summed E-state index contributed by atoms with van der Waals surface area (Å²) >= 11 is 0. The summed E-state index contributed by atoms with van der Waals surface area (Å²) in [7, 11) is 0. The first-order valence-electron chi connectivity index (χ1n) is 29.0. The van der Waals surface area contributed by atoms with E-state index in [-0.39, 0.29) is 37.5 Å². The summed E-state index contributed by atoms with van der Waals surface area (Å²) in [4.78, 5) is 38.2. The van der Waals surface area contributed by atoms with E-state index in [0.717, 1.165) is 116 Å². The minimum atomic E-state index is -0.824. The fourth-order valence-electron chi connectivity index (χ4n) is 7.68. The zero-order chi connectivity index (χ0) is 51.4. The van der Waals surface area contributed by atoms with E-state index in [9.17, 15) is 14.4 Å². The van der Waals surface area contributed by atoms with E-state index in [2.05, 4.69) is 142 Å². The first-order valence-corrected chi connectivity index (χ1v) is 29.0. The van der Waals surface area contributed by atoms with E-state index in [1.807, 2.05) is 0 Å². The fourth-order valence-corrected chi connectivity index (χ4v) is 7.68. The Morgan fingerprint density at radius 2 is 0.563 bits per heavy atom. The van der Waals surface area contributed by atoms with Crippen molar-refractivity contribution in [2.24, 2.45) is 0 Å². The number of carbonyl (C=O) groups is 3. The molecule has 0 bridgehead atoms. The summed E-state index contributed by atoms with van der Waals surface area (Å²) in [5, 5.41) is 0. The van der Waals surface area contributed by atoms with Crippen LogP contribution in [0.5, 0.6) is 0 Å². The Balaban J connectivity index is 4.53. The molecule has 71 heavy (non-hydrogen) atoms. The zero-order valence-corrected chi connectivity index (χ0v) is 45.9. The number of esters is 3. The fraction of sp³-hybridized carbons (Fsp3) is 0.646. The first kappa shape index (κ1) is 66.8. The van der Waals surface area contributed by atoms with Crippen LogP contribution < -0.4 is 0 Å². The topological polar surface area (TPSA) is 78.9 Å². The van der Waals surface area contributed by atoms with Gasteiger partial charge in [0, 0.05) is 19.3 Å². The SMILES string of the molecule is CC/C=C\C/C=C\C/C=C\C/C=C\C/C=C\CCCCCC(=O)OC[C@@H](COC(=O)CCCCCCCCCCCCCCCCCCC)OC(=O)CCC/C=C\C/C=C\C/C=C\C/C=C\C/C=C\CC. The molecule has 0 N–H and O–H groups in total. The maximum atomic E-state index is 12.8. The third-order valence-electron chi connectivity index (χ3n) is 12.0.